The van der Waals surface area contributed by atoms with Crippen molar-refractivity contribution in [1.29, 1.82) is 0 Å². The number of carbonyl (C=O) groups is 3. The molecule has 13 heteroatoms. The Balaban J connectivity index is 1.33. The van der Waals surface area contributed by atoms with Crippen molar-refractivity contribution < 1.29 is 23.5 Å². The summed E-state index contributed by atoms with van der Waals surface area (Å²) in [6.07, 6.45) is 3.71. The van der Waals surface area contributed by atoms with Gasteiger partial charge >= 0.3 is 5.97 Å². The lowest BCUT2D eigenvalue weighted by atomic mass is 9.95. The highest BCUT2D eigenvalue weighted by atomic mass is 32.2. The topological polar surface area (TPSA) is 115 Å². The van der Waals surface area contributed by atoms with Crippen LogP contribution >= 0.6 is 34.4 Å². The fourth-order valence-corrected chi connectivity index (χ4v) is 7.08. The molecule has 0 unspecified atom stereocenters. The van der Waals surface area contributed by atoms with E-state index >= 15 is 0 Å². The fourth-order valence-electron chi connectivity index (χ4n) is 4.38. The summed E-state index contributed by atoms with van der Waals surface area (Å²) in [5.74, 6) is -0.950. The lowest BCUT2D eigenvalue weighted by Crippen LogP contribution is -2.24. The normalized spacial score (nSPS) is 12.6. The summed E-state index contributed by atoms with van der Waals surface area (Å²) >= 11 is 3.90. The lowest BCUT2D eigenvalue weighted by Gasteiger charge is -2.12. The van der Waals surface area contributed by atoms with Gasteiger partial charge in [0.15, 0.2) is 11.0 Å². The van der Waals surface area contributed by atoms with Crippen LogP contribution < -0.4 is 10.6 Å². The van der Waals surface area contributed by atoms with Crippen molar-refractivity contribution in [3.63, 3.8) is 0 Å². The number of nitrogens with zero attached hydrogens (tertiary/aromatic N) is 3. The van der Waals surface area contributed by atoms with Crippen molar-refractivity contribution in [2.45, 2.75) is 44.3 Å². The van der Waals surface area contributed by atoms with Crippen LogP contribution in [0.1, 0.15) is 56.1 Å². The highest BCUT2D eigenvalue weighted by Gasteiger charge is 2.27. The number of nitrogens with one attached hydrogen (secondary N) is 2. The van der Waals surface area contributed by atoms with Crippen molar-refractivity contribution >= 4 is 57.2 Å². The second kappa shape index (κ2) is 12.7. The molecule has 2 N–H and O–H groups in total. The molecule has 0 radical (unpaired) electrons. The minimum Gasteiger partial charge on any atom is -0.462 e. The molecule has 0 bridgehead atoms. The predicted molar refractivity (Wildman–Crippen MR) is 153 cm³/mol. The van der Waals surface area contributed by atoms with E-state index in [4.69, 9.17) is 4.74 Å². The number of hydrogen-bond donors (Lipinski definition) is 2. The summed E-state index contributed by atoms with van der Waals surface area (Å²) in [6.45, 7) is 2.09. The maximum Gasteiger partial charge on any atom is 0.341 e. The van der Waals surface area contributed by atoms with Gasteiger partial charge in [-0.15, -0.1) is 32.9 Å². The minimum absolute atomic E-state index is 0.00822. The van der Waals surface area contributed by atoms with Crippen LogP contribution in [-0.4, -0.2) is 44.9 Å². The van der Waals surface area contributed by atoms with E-state index < -0.39 is 11.8 Å². The van der Waals surface area contributed by atoms with Gasteiger partial charge < -0.3 is 15.4 Å². The van der Waals surface area contributed by atoms with Crippen molar-refractivity contribution in [2.24, 2.45) is 0 Å². The van der Waals surface area contributed by atoms with Gasteiger partial charge in [-0.05, 0) is 73.9 Å². The summed E-state index contributed by atoms with van der Waals surface area (Å²) in [6, 6.07) is 9.31. The largest absolute Gasteiger partial charge is 0.462 e. The zero-order valence-electron chi connectivity index (χ0n) is 21.6. The number of rotatable bonds is 10. The molecule has 40 heavy (non-hydrogen) atoms. The number of esters is 1. The van der Waals surface area contributed by atoms with Crippen molar-refractivity contribution in [3.05, 3.63) is 74.3 Å². The summed E-state index contributed by atoms with van der Waals surface area (Å²) in [4.78, 5) is 39.9. The Hall–Kier alpha value is -3.55. The Labute approximate surface area is 242 Å². The molecule has 4 aromatic rings. The van der Waals surface area contributed by atoms with E-state index in [0.717, 1.165) is 47.9 Å². The smallest absolute Gasteiger partial charge is 0.341 e. The number of anilines is 1. The molecule has 208 valence electrons. The molecule has 0 saturated carbocycles. The Morgan fingerprint density at radius 1 is 1.12 bits per heavy atom. The van der Waals surface area contributed by atoms with Crippen LogP contribution in [-0.2, 0) is 28.9 Å². The molecule has 1 aliphatic rings. The number of carbonyl (C=O) groups excluding carboxylic acids is 3. The molecule has 2 amide bonds. The summed E-state index contributed by atoms with van der Waals surface area (Å²) in [5.41, 5.74) is 2.02. The molecule has 0 atom stereocenters. The maximum atomic E-state index is 13.6. The van der Waals surface area contributed by atoms with Crippen molar-refractivity contribution in [3.8, 4) is 5.69 Å². The average molecular weight is 600 g/mol. The Morgan fingerprint density at radius 2 is 1.93 bits per heavy atom. The molecule has 1 aliphatic carbocycles. The molecule has 9 nitrogen and oxygen atoms in total. The number of halogens is 1. The first-order valence-electron chi connectivity index (χ1n) is 12.7. The summed E-state index contributed by atoms with van der Waals surface area (Å²) in [5, 5.41) is 16.9. The van der Waals surface area contributed by atoms with Gasteiger partial charge in [-0.2, -0.15) is 0 Å². The maximum absolute atomic E-state index is 13.6. The van der Waals surface area contributed by atoms with Crippen LogP contribution in [0.5, 0.6) is 0 Å². The van der Waals surface area contributed by atoms with E-state index in [1.165, 1.54) is 34.8 Å². The van der Waals surface area contributed by atoms with Crippen LogP contribution in [0.3, 0.4) is 0 Å². The van der Waals surface area contributed by atoms with E-state index in [-0.39, 0.29) is 30.7 Å². The average Bonchev–Trinajstić information content (AvgIpc) is 3.70. The predicted octanol–water partition coefficient (Wildman–Crippen LogP) is 5.25. The number of amides is 2. The molecule has 0 aliphatic heterocycles. The minimum atomic E-state index is -0.421. The van der Waals surface area contributed by atoms with E-state index in [2.05, 4.69) is 20.8 Å². The molecule has 0 fully saturated rings. The number of hydrogen-bond acceptors (Lipinski definition) is 9. The molecule has 1 aromatic carbocycles. The highest BCUT2D eigenvalue weighted by Crippen LogP contribution is 2.38. The number of aromatic nitrogens is 3. The Morgan fingerprint density at radius 3 is 2.67 bits per heavy atom. The second-order valence-electron chi connectivity index (χ2n) is 8.84. The van der Waals surface area contributed by atoms with E-state index in [9.17, 15) is 18.8 Å². The van der Waals surface area contributed by atoms with Gasteiger partial charge in [-0.25, -0.2) is 9.18 Å². The highest BCUT2D eigenvalue weighted by molar-refractivity contribution is 7.99. The van der Waals surface area contributed by atoms with Gasteiger partial charge in [0.1, 0.15) is 10.8 Å². The third-order valence-electron chi connectivity index (χ3n) is 6.17. The SMILES string of the molecule is CCOC(=O)c1c(NC(=O)CSc2nnc(CNC(=O)c3cccs3)n2-c2ccc(F)cc2)sc2c1CCCC2. The Bertz CT molecular complexity index is 1520. The molecule has 5 rings (SSSR count). The zero-order chi connectivity index (χ0) is 28.1. The van der Waals surface area contributed by atoms with Gasteiger partial charge in [0.05, 0.1) is 29.3 Å². The molecular formula is C27H26FN5O4S3. The van der Waals surface area contributed by atoms with Gasteiger partial charge in [0.2, 0.25) is 5.91 Å². The molecule has 0 spiro atoms. The number of aryl methyl sites for hydroxylation is 1. The third kappa shape index (κ3) is 6.26. The first kappa shape index (κ1) is 28.0. The van der Waals surface area contributed by atoms with E-state index in [1.54, 1.807) is 35.8 Å². The summed E-state index contributed by atoms with van der Waals surface area (Å²) < 4.78 is 20.6. The quantitative estimate of drug-likeness (QED) is 0.189. The standard InChI is InChI=1S/C27H26FN5O4S3/c1-2-37-26(36)23-18-6-3-4-7-19(18)40-25(23)30-22(34)15-39-27-32-31-21(14-29-24(35)20-8-5-13-38-20)33(27)17-11-9-16(28)10-12-17/h5,8-13H,2-4,6-7,14-15H2,1H3,(H,29,35)(H,30,34). The van der Waals surface area contributed by atoms with Gasteiger partial charge in [-0.1, -0.05) is 17.8 Å². The van der Waals surface area contributed by atoms with Gasteiger partial charge in [0.25, 0.3) is 5.91 Å². The number of fused-ring (bicyclic) bond motifs is 1. The summed E-state index contributed by atoms with van der Waals surface area (Å²) in [7, 11) is 0. The molecular weight excluding hydrogens is 574 g/mol. The van der Waals surface area contributed by atoms with Crippen molar-refractivity contribution in [2.75, 3.05) is 17.7 Å². The van der Waals surface area contributed by atoms with Crippen LogP contribution in [0.2, 0.25) is 0 Å². The number of thioether (sulfide) groups is 1. The zero-order valence-corrected chi connectivity index (χ0v) is 24.0. The lowest BCUT2D eigenvalue weighted by molar-refractivity contribution is -0.113. The first-order chi connectivity index (χ1) is 19.4. The third-order valence-corrected chi connectivity index (χ3v) is 9.18. The number of ether oxygens (including phenoxy) is 1. The number of benzene rings is 1. The first-order valence-corrected chi connectivity index (χ1v) is 15.4. The van der Waals surface area contributed by atoms with Crippen LogP contribution in [0.25, 0.3) is 5.69 Å². The van der Waals surface area contributed by atoms with Crippen LogP contribution in [0, 0.1) is 5.82 Å². The molecule has 0 saturated heterocycles. The van der Waals surface area contributed by atoms with Crippen LogP contribution in [0.4, 0.5) is 9.39 Å². The number of thiophene rings is 2. The Kier molecular flexibility index (Phi) is 8.92. The van der Waals surface area contributed by atoms with Crippen molar-refractivity contribution in [1.82, 2.24) is 20.1 Å². The monoisotopic (exact) mass is 599 g/mol. The van der Waals surface area contributed by atoms with Gasteiger partial charge in [-0.3, -0.25) is 14.2 Å². The van der Waals surface area contributed by atoms with E-state index in [0.29, 0.717) is 32.1 Å². The molecule has 3 aromatic heterocycles. The van der Waals surface area contributed by atoms with Gasteiger partial charge in [0, 0.05) is 10.6 Å². The van der Waals surface area contributed by atoms with Crippen LogP contribution in [0.15, 0.2) is 46.9 Å². The molecule has 3 heterocycles. The van der Waals surface area contributed by atoms with E-state index in [1.807, 2.05) is 5.38 Å². The fraction of sp³-hybridized carbons (Fsp3) is 0.296. The second-order valence-corrected chi connectivity index (χ2v) is 11.8.